The summed E-state index contributed by atoms with van der Waals surface area (Å²) in [6.07, 6.45) is 8.60. The molecule has 9 heteroatoms. The van der Waals surface area contributed by atoms with Crippen LogP contribution in [0.2, 0.25) is 5.02 Å². The van der Waals surface area contributed by atoms with E-state index in [1.54, 1.807) is 4.68 Å². The third kappa shape index (κ3) is 6.20. The Bertz CT molecular complexity index is 1320. The fraction of sp³-hybridized carbons (Fsp3) is 0.464. The molecule has 2 heterocycles. The number of hydrogen-bond acceptors (Lipinski definition) is 5. The number of hydrogen-bond donors (Lipinski definition) is 1. The van der Waals surface area contributed by atoms with Crippen molar-refractivity contribution >= 4 is 21.6 Å². The Kier molecular flexibility index (Phi) is 8.19. The highest BCUT2D eigenvalue weighted by molar-refractivity contribution is 7.89. The highest BCUT2D eigenvalue weighted by Crippen LogP contribution is 2.40. The second-order valence-electron chi connectivity index (χ2n) is 9.93. The van der Waals surface area contributed by atoms with Crippen molar-refractivity contribution in [2.24, 2.45) is 0 Å². The average Bonchev–Trinajstić information content (AvgIpc) is 3.60. The lowest BCUT2D eigenvalue weighted by atomic mass is 9.75. The molecule has 3 aromatic rings. The Labute approximate surface area is 224 Å². The third-order valence-electron chi connectivity index (χ3n) is 7.55. The Balaban J connectivity index is 1.29. The predicted molar refractivity (Wildman–Crippen MR) is 146 cm³/mol. The summed E-state index contributed by atoms with van der Waals surface area (Å²) in [4.78, 5) is 2.83. The number of rotatable bonds is 10. The van der Waals surface area contributed by atoms with Crippen molar-refractivity contribution in [1.82, 2.24) is 19.4 Å². The number of nitrogens with one attached hydrogen (secondary N) is 1. The lowest BCUT2D eigenvalue weighted by Crippen LogP contribution is -2.41. The van der Waals surface area contributed by atoms with Crippen LogP contribution >= 0.6 is 11.6 Å². The molecule has 1 aliphatic carbocycles. The van der Waals surface area contributed by atoms with E-state index in [0.717, 1.165) is 30.0 Å². The van der Waals surface area contributed by atoms with Crippen LogP contribution in [0, 0.1) is 0 Å². The van der Waals surface area contributed by atoms with Gasteiger partial charge in [-0.25, -0.2) is 13.1 Å². The molecule has 1 N–H and O–H groups in total. The highest BCUT2D eigenvalue weighted by Gasteiger charge is 2.35. The van der Waals surface area contributed by atoms with Crippen molar-refractivity contribution in [3.8, 4) is 5.75 Å². The minimum absolute atomic E-state index is 0.167. The van der Waals surface area contributed by atoms with Crippen LogP contribution in [0.3, 0.4) is 0 Å². The molecule has 1 saturated heterocycles. The molecular formula is C28H35ClN4O3S. The van der Waals surface area contributed by atoms with Crippen LogP contribution in [-0.4, -0.2) is 55.4 Å². The van der Waals surface area contributed by atoms with Gasteiger partial charge >= 0.3 is 0 Å². The Morgan fingerprint density at radius 1 is 1.16 bits per heavy atom. The van der Waals surface area contributed by atoms with Crippen LogP contribution in [0.25, 0.3) is 0 Å². The van der Waals surface area contributed by atoms with E-state index in [-0.39, 0.29) is 18.0 Å². The Morgan fingerprint density at radius 2 is 2.00 bits per heavy atom. The molecule has 1 aliphatic heterocycles. The van der Waals surface area contributed by atoms with Gasteiger partial charge in [0.15, 0.2) is 0 Å². The molecule has 0 amide bonds. The van der Waals surface area contributed by atoms with Crippen molar-refractivity contribution in [3.05, 3.63) is 76.6 Å². The number of nitrogens with zero attached hydrogens (tertiary/aromatic N) is 3. The van der Waals surface area contributed by atoms with Gasteiger partial charge in [0.2, 0.25) is 10.0 Å². The summed E-state index contributed by atoms with van der Waals surface area (Å²) in [6, 6.07) is 15.1. The van der Waals surface area contributed by atoms with E-state index in [0.29, 0.717) is 18.5 Å². The van der Waals surface area contributed by atoms with Gasteiger partial charge < -0.3 is 4.74 Å². The van der Waals surface area contributed by atoms with Gasteiger partial charge in [0.05, 0.1) is 6.20 Å². The number of aromatic nitrogens is 2. The molecule has 2 unspecified atom stereocenters. The zero-order valence-electron chi connectivity index (χ0n) is 21.3. The van der Waals surface area contributed by atoms with Gasteiger partial charge in [0, 0.05) is 36.3 Å². The number of halogens is 1. The van der Waals surface area contributed by atoms with Crippen LogP contribution in [0.15, 0.2) is 59.8 Å². The molecule has 0 radical (unpaired) electrons. The van der Waals surface area contributed by atoms with Gasteiger partial charge in [-0.3, -0.25) is 9.58 Å². The number of likely N-dealkylation sites (tertiary alicyclic amines) is 1. The number of sulfonamides is 1. The summed E-state index contributed by atoms with van der Waals surface area (Å²) >= 11 is 6.32. The number of aryl methyl sites for hydroxylation is 2. The van der Waals surface area contributed by atoms with E-state index < -0.39 is 10.0 Å². The van der Waals surface area contributed by atoms with Gasteiger partial charge in [-0.05, 0) is 93.1 Å². The average molecular weight is 543 g/mol. The monoisotopic (exact) mass is 542 g/mol. The number of fused-ring (bicyclic) bond motifs is 1. The maximum Gasteiger partial charge on any atom is 0.243 e. The predicted octanol–water partition coefficient (Wildman–Crippen LogP) is 4.65. The quantitative estimate of drug-likeness (QED) is 0.377. The van der Waals surface area contributed by atoms with Gasteiger partial charge in [-0.1, -0.05) is 29.8 Å². The molecular weight excluding hydrogens is 508 g/mol. The Morgan fingerprint density at radius 3 is 2.76 bits per heavy atom. The summed E-state index contributed by atoms with van der Waals surface area (Å²) in [6.45, 7) is 5.29. The van der Waals surface area contributed by atoms with Crippen LogP contribution in [0.5, 0.6) is 5.75 Å². The third-order valence-corrected chi connectivity index (χ3v) is 9.20. The normalized spacial score (nSPS) is 20.2. The lowest BCUT2D eigenvalue weighted by molar-refractivity contribution is 0.188. The van der Waals surface area contributed by atoms with Crippen molar-refractivity contribution < 1.29 is 13.2 Å². The first-order valence-corrected chi connectivity index (χ1v) is 15.1. The summed E-state index contributed by atoms with van der Waals surface area (Å²) in [7, 11) is -3.61. The van der Waals surface area contributed by atoms with Gasteiger partial charge in [0.1, 0.15) is 17.3 Å². The van der Waals surface area contributed by atoms with Crippen LogP contribution in [0.1, 0.15) is 48.8 Å². The molecule has 0 bridgehead atoms. The summed E-state index contributed by atoms with van der Waals surface area (Å²) in [5.41, 5.74) is 3.97. The Hall–Kier alpha value is -2.39. The summed E-state index contributed by atoms with van der Waals surface area (Å²) in [5.74, 6) is 1.13. The van der Waals surface area contributed by atoms with Crippen molar-refractivity contribution in [1.29, 1.82) is 0 Å². The molecule has 1 fully saturated rings. The topological polar surface area (TPSA) is 76.5 Å². The fourth-order valence-electron chi connectivity index (χ4n) is 5.71. The van der Waals surface area contributed by atoms with Crippen molar-refractivity contribution in [2.45, 2.75) is 62.4 Å². The SMILES string of the molecule is CCn1cc(S(=O)(=O)NCCOc2ccc3c(c2)C(Cc2cccc(Cl)c2)C(N2CCCC2)CC3)cn1. The van der Waals surface area contributed by atoms with Crippen LogP contribution < -0.4 is 9.46 Å². The first-order valence-electron chi connectivity index (χ1n) is 13.2. The first-order chi connectivity index (χ1) is 17.9. The molecule has 1 aromatic heterocycles. The van der Waals surface area contributed by atoms with Gasteiger partial charge in [-0.2, -0.15) is 5.10 Å². The van der Waals surface area contributed by atoms with E-state index in [4.69, 9.17) is 16.3 Å². The molecule has 0 saturated carbocycles. The molecule has 198 valence electrons. The minimum atomic E-state index is -3.61. The van der Waals surface area contributed by atoms with E-state index >= 15 is 0 Å². The number of ether oxygens (including phenoxy) is 1. The summed E-state index contributed by atoms with van der Waals surface area (Å²) < 4.78 is 35.3. The first kappa shape index (κ1) is 26.2. The largest absolute Gasteiger partial charge is 0.492 e. The lowest BCUT2D eigenvalue weighted by Gasteiger charge is -2.39. The molecule has 7 nitrogen and oxygen atoms in total. The molecule has 0 spiro atoms. The molecule has 37 heavy (non-hydrogen) atoms. The van der Waals surface area contributed by atoms with Crippen LogP contribution in [-0.2, 0) is 29.4 Å². The second kappa shape index (κ2) is 11.6. The van der Waals surface area contributed by atoms with Gasteiger partial charge in [0.25, 0.3) is 0 Å². The van der Waals surface area contributed by atoms with E-state index in [1.807, 2.05) is 25.1 Å². The highest BCUT2D eigenvalue weighted by atomic mass is 35.5. The smallest absolute Gasteiger partial charge is 0.243 e. The standard InChI is InChI=1S/C28H35ClN4O3S/c1-2-33-20-25(19-30-33)37(34,35)31-12-15-36-24-10-8-22-9-11-28(32-13-3-4-14-32)27(26(22)18-24)17-21-6-5-7-23(29)16-21/h5-8,10,16,18-20,27-28,31H,2-4,9,11-15,17H2,1H3. The van der Waals surface area contributed by atoms with Crippen molar-refractivity contribution in [3.63, 3.8) is 0 Å². The zero-order valence-corrected chi connectivity index (χ0v) is 22.8. The number of benzene rings is 2. The minimum Gasteiger partial charge on any atom is -0.492 e. The molecule has 5 rings (SSSR count). The van der Waals surface area contributed by atoms with E-state index in [9.17, 15) is 8.42 Å². The van der Waals surface area contributed by atoms with E-state index in [2.05, 4.69) is 39.0 Å². The summed E-state index contributed by atoms with van der Waals surface area (Å²) in [5, 5.41) is 4.82. The molecule has 2 aliphatic rings. The van der Waals surface area contributed by atoms with Crippen LogP contribution in [0.4, 0.5) is 0 Å². The second-order valence-corrected chi connectivity index (χ2v) is 12.1. The maximum absolute atomic E-state index is 12.5. The molecule has 2 atom stereocenters. The van der Waals surface area contributed by atoms with Gasteiger partial charge in [-0.15, -0.1) is 0 Å². The van der Waals surface area contributed by atoms with Crippen molar-refractivity contribution in [2.75, 3.05) is 26.2 Å². The molecule has 2 aromatic carbocycles. The van der Waals surface area contributed by atoms with E-state index in [1.165, 1.54) is 55.0 Å². The fourth-order valence-corrected chi connectivity index (χ4v) is 6.88. The zero-order chi connectivity index (χ0) is 25.8. The maximum atomic E-state index is 12.5.